The van der Waals surface area contributed by atoms with Crippen LogP contribution in [-0.2, 0) is 35.3 Å². The van der Waals surface area contributed by atoms with Gasteiger partial charge in [-0.05, 0) is 20.8 Å². The number of aliphatic hydroxyl groups excluding tert-OH is 1. The third kappa shape index (κ3) is 7.05. The van der Waals surface area contributed by atoms with Gasteiger partial charge in [-0.2, -0.15) is 18.2 Å². The number of hydrogen-bond acceptors (Lipinski definition) is 5. The molecule has 6 nitrogen and oxygen atoms in total. The predicted molar refractivity (Wildman–Crippen MR) is 76.5 cm³/mol. The zero-order valence-corrected chi connectivity index (χ0v) is 15.7. The number of anilines is 1. The summed E-state index contributed by atoms with van der Waals surface area (Å²) in [5, 5.41) is 8.84. The molecule has 120 valence electrons. The molecule has 0 bridgehead atoms. The molecule has 1 amide bonds. The van der Waals surface area contributed by atoms with Crippen molar-refractivity contribution in [1.29, 1.82) is 0 Å². The molecule has 1 aliphatic heterocycles. The van der Waals surface area contributed by atoms with Crippen LogP contribution in [0.1, 0.15) is 20.8 Å². The second kappa shape index (κ2) is 9.59. The van der Waals surface area contributed by atoms with Crippen LogP contribution < -0.4 is 4.90 Å². The summed E-state index contributed by atoms with van der Waals surface area (Å²) in [5.74, 6) is 0. The molecule has 1 atom stereocenters. The van der Waals surface area contributed by atoms with Crippen LogP contribution in [0.4, 0.5) is 10.5 Å². The summed E-state index contributed by atoms with van der Waals surface area (Å²) in [7, 11) is 0. The molecule has 0 aliphatic carbocycles. The molecule has 0 saturated carbocycles. The van der Waals surface area contributed by atoms with Gasteiger partial charge in [-0.25, -0.2) is 4.79 Å². The normalized spacial score (nSPS) is 16.8. The third-order valence-corrected chi connectivity index (χ3v) is 2.44. The van der Waals surface area contributed by atoms with Gasteiger partial charge in [-0.15, -0.1) is 12.1 Å². The molecule has 22 heavy (non-hydrogen) atoms. The van der Waals surface area contributed by atoms with Gasteiger partial charge in [-0.1, -0.05) is 12.2 Å². The van der Waals surface area contributed by atoms with Gasteiger partial charge >= 0.3 is 27.2 Å². The summed E-state index contributed by atoms with van der Waals surface area (Å²) < 4.78 is 9.33. The maximum Gasteiger partial charge on any atom is 2.00 e. The van der Waals surface area contributed by atoms with Gasteiger partial charge in [0.2, 0.25) is 0 Å². The molecule has 0 aromatic heterocycles. The van der Waals surface area contributed by atoms with Gasteiger partial charge < -0.3 is 19.4 Å². The number of ether oxygens (including phenoxy) is 2. The van der Waals surface area contributed by atoms with Gasteiger partial charge in [-0.3, -0.25) is 4.90 Å². The van der Waals surface area contributed by atoms with Gasteiger partial charge in [0.15, 0.2) is 0 Å². The first-order valence-electron chi connectivity index (χ1n) is 6.47. The average Bonchev–Trinajstić information content (AvgIpc) is 2.80. The molecule has 1 aromatic carbocycles. The van der Waals surface area contributed by atoms with E-state index in [1.807, 2.05) is 0 Å². The molecule has 0 radical (unpaired) electrons. The van der Waals surface area contributed by atoms with Gasteiger partial charge in [0, 0.05) is 0 Å². The first-order chi connectivity index (χ1) is 9.87. The molecule has 1 fully saturated rings. The number of nitrogens with zero attached hydrogens (tertiary/aromatic N) is 1. The number of amides is 1. The van der Waals surface area contributed by atoms with Crippen LogP contribution in [0.5, 0.6) is 0 Å². The van der Waals surface area contributed by atoms with Crippen molar-refractivity contribution in [2.45, 2.75) is 32.5 Å². The van der Waals surface area contributed by atoms with Crippen molar-refractivity contribution in [1.82, 2.24) is 0 Å². The maximum absolute atomic E-state index is 11.3. The fourth-order valence-corrected chi connectivity index (χ4v) is 1.51. The molecule has 1 aromatic rings. The van der Waals surface area contributed by atoms with Crippen molar-refractivity contribution < 1.29 is 45.2 Å². The van der Waals surface area contributed by atoms with Crippen LogP contribution in [0.15, 0.2) is 24.3 Å². The zero-order chi connectivity index (χ0) is 15.9. The van der Waals surface area contributed by atoms with Crippen LogP contribution in [0.2, 0.25) is 0 Å². The van der Waals surface area contributed by atoms with E-state index in [0.717, 1.165) is 5.69 Å². The number of rotatable bonds is 3. The first kappa shape index (κ1) is 20.6. The van der Waals surface area contributed by atoms with Crippen LogP contribution >= 0.6 is 0 Å². The Bertz CT molecular complexity index is 461. The summed E-state index contributed by atoms with van der Waals surface area (Å²) in [5.41, 5.74) is 0.395. The molecular weight excluding hydrogens is 458 g/mol. The summed E-state index contributed by atoms with van der Waals surface area (Å²) in [4.78, 5) is 22.3. The van der Waals surface area contributed by atoms with Crippen molar-refractivity contribution in [2.24, 2.45) is 0 Å². The van der Waals surface area contributed by atoms with Crippen LogP contribution in [-0.4, -0.2) is 42.5 Å². The minimum Gasteiger partial charge on any atom is -0.649 e. The fraction of sp³-hybridized carbons (Fsp3) is 0.467. The van der Waals surface area contributed by atoms with Crippen LogP contribution in [0.25, 0.3) is 0 Å². The van der Waals surface area contributed by atoms with Crippen molar-refractivity contribution >= 4 is 18.3 Å². The van der Waals surface area contributed by atoms with Gasteiger partial charge in [0.05, 0.1) is 18.8 Å². The Balaban J connectivity index is 0.000000478. The van der Waals surface area contributed by atoms with E-state index in [0.29, 0.717) is 6.54 Å². The van der Waals surface area contributed by atoms with E-state index in [1.165, 1.54) is 11.4 Å². The van der Waals surface area contributed by atoms with Crippen LogP contribution in [0, 0.1) is 6.07 Å². The molecule has 1 saturated heterocycles. The predicted octanol–water partition coefficient (Wildman–Crippen LogP) is 1.67. The van der Waals surface area contributed by atoms with Crippen molar-refractivity contribution in [2.75, 3.05) is 18.1 Å². The number of hydrogen-bond donors (Lipinski definition) is 1. The molecular formula is C15H19NO5W. The standard InChI is InChI=1S/C10H10NO3.C5H9O2.W/c12-7-9-6-11(10(13)14-9)8-4-2-1-3-5-8;1-5(2,3)7-4-6;/h2-5,9,12H,6-7H2;1-3H3;/q2*-1;+2/t9-;;/m1../s1. The number of aliphatic hydroxyl groups is 1. The molecule has 1 aliphatic rings. The Labute approximate surface area is 144 Å². The Kier molecular flexibility index (Phi) is 8.98. The van der Waals surface area contributed by atoms with E-state index in [-0.39, 0.29) is 33.3 Å². The number of cyclic esters (lactones) is 1. The Hall–Kier alpha value is -1.39. The number of carbonyl (C=O) groups is 1. The Morgan fingerprint density at radius 3 is 2.41 bits per heavy atom. The molecule has 0 spiro atoms. The zero-order valence-electron chi connectivity index (χ0n) is 12.7. The first-order valence-corrected chi connectivity index (χ1v) is 6.47. The van der Waals surface area contributed by atoms with E-state index in [9.17, 15) is 9.59 Å². The minimum absolute atomic E-state index is 0. The van der Waals surface area contributed by atoms with E-state index in [2.05, 4.69) is 10.8 Å². The molecule has 2 rings (SSSR count). The quantitative estimate of drug-likeness (QED) is 0.671. The monoisotopic (exact) mass is 477 g/mol. The van der Waals surface area contributed by atoms with Crippen LogP contribution in [0.3, 0.4) is 0 Å². The molecule has 7 heteroatoms. The van der Waals surface area contributed by atoms with E-state index in [1.54, 1.807) is 45.0 Å². The minimum atomic E-state index is -0.410. The van der Waals surface area contributed by atoms with Crippen molar-refractivity contribution in [3.05, 3.63) is 30.3 Å². The average molecular weight is 477 g/mol. The SMILES string of the molecule is CC(C)(C)O[C-]=O.O=C1O[C@@H](CO)CN1c1cc[c-]cc1.[W+2]. The third-order valence-electron chi connectivity index (χ3n) is 2.44. The number of benzene rings is 1. The second-order valence-corrected chi connectivity index (χ2v) is 5.35. The maximum atomic E-state index is 11.3. The fourth-order valence-electron chi connectivity index (χ4n) is 1.51. The summed E-state index contributed by atoms with van der Waals surface area (Å²) in [6, 6.07) is 9.89. The van der Waals surface area contributed by atoms with E-state index in [4.69, 9.17) is 9.84 Å². The second-order valence-electron chi connectivity index (χ2n) is 5.35. The van der Waals surface area contributed by atoms with E-state index >= 15 is 0 Å². The van der Waals surface area contributed by atoms with Crippen molar-refractivity contribution in [3.63, 3.8) is 0 Å². The molecule has 1 heterocycles. The van der Waals surface area contributed by atoms with E-state index < -0.39 is 12.2 Å². The Morgan fingerprint density at radius 1 is 1.45 bits per heavy atom. The van der Waals surface area contributed by atoms with Gasteiger partial charge in [0.1, 0.15) is 6.10 Å². The van der Waals surface area contributed by atoms with Gasteiger partial charge in [0.25, 0.3) is 0 Å². The number of carbonyl (C=O) groups excluding carboxylic acids is 2. The molecule has 1 N–H and O–H groups in total. The summed E-state index contributed by atoms with van der Waals surface area (Å²) >= 11 is 0. The van der Waals surface area contributed by atoms with Crippen molar-refractivity contribution in [3.8, 4) is 0 Å². The smallest absolute Gasteiger partial charge is 0.649 e. The Morgan fingerprint density at radius 2 is 2.05 bits per heavy atom. The summed E-state index contributed by atoms with van der Waals surface area (Å²) in [6.45, 7) is 6.99. The molecule has 0 unspecified atom stereocenters. The topological polar surface area (TPSA) is 76.1 Å². The largest absolute Gasteiger partial charge is 2.00 e. The summed E-state index contributed by atoms with van der Waals surface area (Å²) in [6.07, 6.45) is -0.818.